The highest BCUT2D eigenvalue weighted by Crippen LogP contribution is 2.16. The summed E-state index contributed by atoms with van der Waals surface area (Å²) in [7, 11) is 0. The Hall–Kier alpha value is -3.46. The second-order valence-corrected chi connectivity index (χ2v) is 7.43. The second kappa shape index (κ2) is 8.27. The molecule has 0 aliphatic carbocycles. The fourth-order valence-electron chi connectivity index (χ4n) is 2.73. The fraction of sp³-hybridized carbons (Fsp3) is 0.150. The Morgan fingerprint density at radius 2 is 1.86 bits per heavy atom. The lowest BCUT2D eigenvalue weighted by atomic mass is 10.1. The minimum Gasteiger partial charge on any atom is -0.325 e. The van der Waals surface area contributed by atoms with Crippen LogP contribution in [0.5, 0.6) is 0 Å². The van der Waals surface area contributed by atoms with E-state index in [1.165, 1.54) is 16.3 Å². The summed E-state index contributed by atoms with van der Waals surface area (Å²) in [6, 6.07) is 17.1. The molecule has 0 atom stereocenters. The Labute approximate surface area is 170 Å². The third kappa shape index (κ3) is 4.52. The highest BCUT2D eigenvalue weighted by molar-refractivity contribution is 7.99. The molecule has 4 aromatic rings. The number of anilines is 1. The molecule has 0 fully saturated rings. The smallest absolute Gasteiger partial charge is 0.274 e. The molecule has 8 nitrogen and oxygen atoms in total. The van der Waals surface area contributed by atoms with Crippen LogP contribution in [0.2, 0.25) is 0 Å². The standard InChI is InChI=1S/C20H18N6O2S/c1-13-7-9-14(10-8-13)11-16-18(28)22-19-23-24-20(26(19)25-16)29-12-17(27)21-15-5-3-2-4-6-15/h2-10H,11-12H2,1H3,(H,21,27)(H,22,23,28). The van der Waals surface area contributed by atoms with Gasteiger partial charge in [-0.2, -0.15) is 9.61 Å². The zero-order valence-corrected chi connectivity index (χ0v) is 16.4. The number of benzene rings is 2. The molecule has 0 aliphatic heterocycles. The minimum absolute atomic E-state index is 0.143. The number of hydrogen-bond donors (Lipinski definition) is 2. The van der Waals surface area contributed by atoms with Crippen molar-refractivity contribution in [1.29, 1.82) is 0 Å². The first-order valence-corrected chi connectivity index (χ1v) is 9.95. The molecule has 0 bridgehead atoms. The highest BCUT2D eigenvalue weighted by atomic mass is 32.2. The van der Waals surface area contributed by atoms with E-state index in [0.29, 0.717) is 17.3 Å². The largest absolute Gasteiger partial charge is 0.325 e. The molecule has 2 aromatic carbocycles. The number of carbonyl (C=O) groups excluding carboxylic acids is 1. The number of fused-ring (bicyclic) bond motifs is 1. The molecular formula is C20H18N6O2S. The van der Waals surface area contributed by atoms with E-state index in [9.17, 15) is 9.59 Å². The molecule has 146 valence electrons. The third-order valence-electron chi connectivity index (χ3n) is 4.20. The van der Waals surface area contributed by atoms with Crippen molar-refractivity contribution < 1.29 is 4.79 Å². The number of hydrogen-bond acceptors (Lipinski definition) is 6. The van der Waals surface area contributed by atoms with Gasteiger partial charge in [-0.05, 0) is 24.6 Å². The zero-order valence-electron chi connectivity index (χ0n) is 15.6. The van der Waals surface area contributed by atoms with Crippen LogP contribution < -0.4 is 10.9 Å². The van der Waals surface area contributed by atoms with Gasteiger partial charge in [0.1, 0.15) is 5.69 Å². The molecule has 2 aromatic heterocycles. The lowest BCUT2D eigenvalue weighted by molar-refractivity contribution is -0.113. The number of amides is 1. The van der Waals surface area contributed by atoms with Gasteiger partial charge in [0.15, 0.2) is 0 Å². The van der Waals surface area contributed by atoms with Gasteiger partial charge in [-0.25, -0.2) is 0 Å². The van der Waals surface area contributed by atoms with Crippen molar-refractivity contribution in [1.82, 2.24) is 24.8 Å². The van der Waals surface area contributed by atoms with Crippen molar-refractivity contribution in [2.75, 3.05) is 11.1 Å². The fourth-order valence-corrected chi connectivity index (χ4v) is 3.41. The molecular weight excluding hydrogens is 388 g/mol. The summed E-state index contributed by atoms with van der Waals surface area (Å²) in [4.78, 5) is 27.2. The van der Waals surface area contributed by atoms with Crippen molar-refractivity contribution in [3.8, 4) is 0 Å². The van der Waals surface area contributed by atoms with Crippen LogP contribution in [0.25, 0.3) is 5.78 Å². The summed E-state index contributed by atoms with van der Waals surface area (Å²) in [6.45, 7) is 2.01. The maximum Gasteiger partial charge on any atom is 0.274 e. The molecule has 4 rings (SSSR count). The summed E-state index contributed by atoms with van der Waals surface area (Å²) < 4.78 is 1.46. The number of nitrogens with zero attached hydrogens (tertiary/aromatic N) is 4. The van der Waals surface area contributed by atoms with Crippen LogP contribution in [0.4, 0.5) is 5.69 Å². The van der Waals surface area contributed by atoms with Gasteiger partial charge in [0.05, 0.1) is 5.75 Å². The number of thioether (sulfide) groups is 1. The van der Waals surface area contributed by atoms with E-state index in [2.05, 4.69) is 25.6 Å². The van der Waals surface area contributed by atoms with Crippen molar-refractivity contribution >= 4 is 29.1 Å². The maximum atomic E-state index is 12.3. The molecule has 9 heteroatoms. The van der Waals surface area contributed by atoms with Gasteiger partial charge in [0.2, 0.25) is 11.1 Å². The van der Waals surface area contributed by atoms with Gasteiger partial charge in [-0.3, -0.25) is 14.6 Å². The first-order chi connectivity index (χ1) is 14.1. The van der Waals surface area contributed by atoms with Gasteiger partial charge in [-0.15, -0.1) is 10.2 Å². The monoisotopic (exact) mass is 406 g/mol. The highest BCUT2D eigenvalue weighted by Gasteiger charge is 2.14. The second-order valence-electron chi connectivity index (χ2n) is 6.48. The van der Waals surface area contributed by atoms with Crippen molar-refractivity contribution in [3.63, 3.8) is 0 Å². The van der Waals surface area contributed by atoms with Gasteiger partial charge in [0.25, 0.3) is 11.3 Å². The van der Waals surface area contributed by atoms with Gasteiger partial charge in [-0.1, -0.05) is 59.8 Å². The van der Waals surface area contributed by atoms with Crippen molar-refractivity contribution in [3.05, 3.63) is 81.8 Å². The maximum absolute atomic E-state index is 12.3. The molecule has 2 heterocycles. The zero-order chi connectivity index (χ0) is 20.2. The Kier molecular flexibility index (Phi) is 5.39. The predicted molar refractivity (Wildman–Crippen MR) is 111 cm³/mol. The number of H-pyrrole nitrogens is 1. The summed E-state index contributed by atoms with van der Waals surface area (Å²) in [6.07, 6.45) is 0.391. The summed E-state index contributed by atoms with van der Waals surface area (Å²) in [5.41, 5.74) is 2.92. The van der Waals surface area contributed by atoms with E-state index in [-0.39, 0.29) is 23.0 Å². The van der Waals surface area contributed by atoms with E-state index < -0.39 is 0 Å². The number of para-hydroxylation sites is 1. The summed E-state index contributed by atoms with van der Waals surface area (Å²) >= 11 is 1.20. The van der Waals surface area contributed by atoms with Crippen molar-refractivity contribution in [2.24, 2.45) is 0 Å². The lowest BCUT2D eigenvalue weighted by Gasteiger charge is -2.05. The molecule has 0 spiro atoms. The number of aromatic amines is 1. The Morgan fingerprint density at radius 3 is 2.62 bits per heavy atom. The van der Waals surface area contributed by atoms with E-state index in [1.54, 1.807) is 0 Å². The average molecular weight is 406 g/mol. The molecule has 1 amide bonds. The molecule has 2 N–H and O–H groups in total. The van der Waals surface area contributed by atoms with E-state index in [0.717, 1.165) is 16.8 Å². The minimum atomic E-state index is -0.302. The van der Waals surface area contributed by atoms with Crippen LogP contribution in [0.3, 0.4) is 0 Å². The Morgan fingerprint density at radius 1 is 1.10 bits per heavy atom. The number of rotatable bonds is 6. The van der Waals surface area contributed by atoms with Gasteiger partial charge < -0.3 is 5.32 Å². The molecule has 0 saturated heterocycles. The van der Waals surface area contributed by atoms with Crippen LogP contribution in [0, 0.1) is 6.92 Å². The number of aryl methyl sites for hydroxylation is 1. The van der Waals surface area contributed by atoms with Crippen LogP contribution in [0.1, 0.15) is 16.8 Å². The van der Waals surface area contributed by atoms with Crippen LogP contribution in [-0.2, 0) is 11.2 Å². The molecule has 0 unspecified atom stereocenters. The number of carbonyl (C=O) groups is 1. The summed E-state index contributed by atoms with van der Waals surface area (Å²) in [5, 5.41) is 15.6. The molecule has 29 heavy (non-hydrogen) atoms. The van der Waals surface area contributed by atoms with Gasteiger partial charge in [0, 0.05) is 12.1 Å². The lowest BCUT2D eigenvalue weighted by Crippen LogP contribution is -2.19. The third-order valence-corrected chi connectivity index (χ3v) is 5.12. The topological polar surface area (TPSA) is 105 Å². The summed E-state index contributed by atoms with van der Waals surface area (Å²) in [5.74, 6) is 0.222. The normalized spacial score (nSPS) is 10.9. The van der Waals surface area contributed by atoms with Crippen LogP contribution in [-0.4, -0.2) is 36.5 Å². The first kappa shape index (κ1) is 18.9. The molecule has 0 saturated carbocycles. The average Bonchev–Trinajstić information content (AvgIpc) is 3.11. The van der Waals surface area contributed by atoms with Crippen LogP contribution >= 0.6 is 11.8 Å². The van der Waals surface area contributed by atoms with Crippen LogP contribution in [0.15, 0.2) is 64.5 Å². The number of nitrogens with one attached hydrogen (secondary N) is 2. The Bertz CT molecular complexity index is 1200. The SMILES string of the molecule is Cc1ccc(Cc2nn3c(SCC(=O)Nc4ccccc4)nnc3[nH]c2=O)cc1. The molecule has 0 radical (unpaired) electrons. The molecule has 0 aliphatic rings. The Balaban J connectivity index is 1.50. The van der Waals surface area contributed by atoms with E-state index in [4.69, 9.17) is 0 Å². The predicted octanol–water partition coefficient (Wildman–Crippen LogP) is 2.44. The van der Waals surface area contributed by atoms with E-state index in [1.807, 2.05) is 61.5 Å². The van der Waals surface area contributed by atoms with E-state index >= 15 is 0 Å². The quantitative estimate of drug-likeness (QED) is 0.477. The first-order valence-electron chi connectivity index (χ1n) is 8.96. The van der Waals surface area contributed by atoms with Crippen molar-refractivity contribution in [2.45, 2.75) is 18.5 Å². The number of aromatic nitrogens is 5. The van der Waals surface area contributed by atoms with Gasteiger partial charge >= 0.3 is 0 Å².